The molecule has 58 valence electrons. The molecule has 3 N–H and O–H groups in total. The Kier molecular flexibility index (Phi) is 2.58. The maximum Gasteiger partial charge on any atom is 0.286 e. The molecule has 1 aromatic rings. The van der Waals surface area contributed by atoms with Gasteiger partial charge in [0.05, 0.1) is 0 Å². The monoisotopic (exact) mass is 264 g/mol. The van der Waals surface area contributed by atoms with E-state index in [9.17, 15) is 4.79 Å². The number of rotatable bonds is 1. The Labute approximate surface area is 76.5 Å². The zero-order valence-electron chi connectivity index (χ0n) is 5.41. The maximum absolute atomic E-state index is 10.5. The summed E-state index contributed by atoms with van der Waals surface area (Å²) in [6, 6.07) is 1.56. The number of carbonyl (C=O) groups excluding carboxylic acids is 1. The third kappa shape index (κ3) is 2.66. The highest BCUT2D eigenvalue weighted by molar-refractivity contribution is 14.1. The lowest BCUT2D eigenvalue weighted by Gasteiger charge is -1.98. The Bertz CT molecular complexity index is 277. The predicted octanol–water partition coefficient (Wildman–Crippen LogP) is 1.03. The highest BCUT2D eigenvalue weighted by Crippen LogP contribution is 2.04. The van der Waals surface area contributed by atoms with E-state index >= 15 is 0 Å². The van der Waals surface area contributed by atoms with Crippen molar-refractivity contribution in [2.75, 3.05) is 11.1 Å². The molecule has 0 unspecified atom stereocenters. The van der Waals surface area contributed by atoms with Crippen LogP contribution in [0.2, 0.25) is 0 Å². The van der Waals surface area contributed by atoms with Crippen LogP contribution in [0.3, 0.4) is 0 Å². The van der Waals surface area contributed by atoms with Gasteiger partial charge in [-0.1, -0.05) is 0 Å². The summed E-state index contributed by atoms with van der Waals surface area (Å²) in [7, 11) is 0. The van der Waals surface area contributed by atoms with Gasteiger partial charge in [0.15, 0.2) is 0 Å². The van der Waals surface area contributed by atoms with Gasteiger partial charge >= 0.3 is 0 Å². The van der Waals surface area contributed by atoms with Crippen LogP contribution in [0.15, 0.2) is 12.3 Å². The average Bonchev–Trinajstić information content (AvgIpc) is 1.85. The lowest BCUT2D eigenvalue weighted by Crippen LogP contribution is -2.04. The zero-order chi connectivity index (χ0) is 8.27. The molecule has 1 heterocycles. The quantitative estimate of drug-likeness (QED) is 0.451. The fraction of sp³-hybridized carbons (Fsp3) is 0. The smallest absolute Gasteiger partial charge is 0.286 e. The van der Waals surface area contributed by atoms with Crippen molar-refractivity contribution in [2.45, 2.75) is 0 Å². The molecule has 0 radical (unpaired) electrons. The van der Waals surface area contributed by atoms with Gasteiger partial charge < -0.3 is 11.1 Å². The van der Waals surface area contributed by atoms with Crippen molar-refractivity contribution in [1.29, 1.82) is 0 Å². The van der Waals surface area contributed by atoms with Gasteiger partial charge in [-0.3, -0.25) is 4.79 Å². The Balaban J connectivity index is 2.79. The largest absolute Gasteiger partial charge is 0.368 e. The molecule has 0 aliphatic heterocycles. The lowest BCUT2D eigenvalue weighted by atomic mass is 10.6. The molecule has 1 amide bonds. The Morgan fingerprint density at radius 3 is 3.00 bits per heavy atom. The summed E-state index contributed by atoms with van der Waals surface area (Å²) < 4.78 is -0.208. The van der Waals surface area contributed by atoms with Crippen LogP contribution in [0.25, 0.3) is 0 Å². The molecular weight excluding hydrogens is 259 g/mol. The lowest BCUT2D eigenvalue weighted by molar-refractivity contribution is 0.271. The summed E-state index contributed by atoms with van der Waals surface area (Å²) in [5.74, 6) is 0.560. The Morgan fingerprint density at radius 1 is 1.73 bits per heavy atom. The molecule has 0 aromatic carbocycles. The number of carbonyl (C=O) groups is 1. The summed E-state index contributed by atoms with van der Waals surface area (Å²) in [6.45, 7) is 0. The van der Waals surface area contributed by atoms with Gasteiger partial charge in [0.2, 0.25) is 5.95 Å². The number of hydrogen-bond donors (Lipinski definition) is 2. The van der Waals surface area contributed by atoms with Crippen LogP contribution in [-0.2, 0) is 0 Å². The minimum atomic E-state index is -0.208. The third-order valence-corrected chi connectivity index (χ3v) is 1.17. The number of nitrogens with two attached hydrogens (primary N) is 1. The van der Waals surface area contributed by atoms with Gasteiger partial charge in [0.1, 0.15) is 5.82 Å². The number of amides is 1. The molecule has 0 fully saturated rings. The van der Waals surface area contributed by atoms with Crippen molar-refractivity contribution in [2.24, 2.45) is 0 Å². The van der Waals surface area contributed by atoms with E-state index in [4.69, 9.17) is 5.73 Å². The molecule has 1 aromatic heterocycles. The van der Waals surface area contributed by atoms with Gasteiger partial charge in [0, 0.05) is 28.8 Å². The number of aromatic nitrogens is 2. The van der Waals surface area contributed by atoms with Crippen molar-refractivity contribution >= 4 is 38.3 Å². The molecule has 11 heavy (non-hydrogen) atoms. The number of halogens is 1. The highest BCUT2D eigenvalue weighted by Gasteiger charge is 1.97. The van der Waals surface area contributed by atoms with Crippen LogP contribution in [0.4, 0.5) is 16.6 Å². The van der Waals surface area contributed by atoms with E-state index in [0.29, 0.717) is 5.82 Å². The molecule has 0 bridgehead atoms. The molecule has 0 atom stereocenters. The topological polar surface area (TPSA) is 80.9 Å². The number of nitrogen functional groups attached to an aromatic ring is 1. The average molecular weight is 264 g/mol. The first-order chi connectivity index (χ1) is 5.18. The van der Waals surface area contributed by atoms with Gasteiger partial charge in [0.25, 0.3) is 3.91 Å². The Hall–Kier alpha value is -0.920. The van der Waals surface area contributed by atoms with E-state index in [0.717, 1.165) is 0 Å². The fourth-order valence-electron chi connectivity index (χ4n) is 0.544. The van der Waals surface area contributed by atoms with E-state index in [1.807, 2.05) is 0 Å². The van der Waals surface area contributed by atoms with Crippen LogP contribution < -0.4 is 11.1 Å². The van der Waals surface area contributed by atoms with Crippen LogP contribution in [0.1, 0.15) is 0 Å². The second kappa shape index (κ2) is 3.46. The van der Waals surface area contributed by atoms with Crippen molar-refractivity contribution in [3.63, 3.8) is 0 Å². The molecule has 0 aliphatic carbocycles. The normalized spacial score (nSPS) is 9.18. The van der Waals surface area contributed by atoms with E-state index in [1.165, 1.54) is 6.20 Å². The second-order valence-electron chi connectivity index (χ2n) is 1.70. The number of nitrogens with zero attached hydrogens (tertiary/aromatic N) is 2. The van der Waals surface area contributed by atoms with Crippen molar-refractivity contribution in [3.8, 4) is 0 Å². The van der Waals surface area contributed by atoms with Gasteiger partial charge in [-0.25, -0.2) is 4.98 Å². The maximum atomic E-state index is 10.5. The van der Waals surface area contributed by atoms with E-state index < -0.39 is 0 Å². The van der Waals surface area contributed by atoms with E-state index in [1.54, 1.807) is 28.7 Å². The second-order valence-corrected chi connectivity index (χ2v) is 2.68. The van der Waals surface area contributed by atoms with E-state index in [2.05, 4.69) is 15.3 Å². The van der Waals surface area contributed by atoms with Crippen LogP contribution in [-0.4, -0.2) is 13.9 Å². The summed E-state index contributed by atoms with van der Waals surface area (Å²) in [5, 5.41) is 2.46. The van der Waals surface area contributed by atoms with Crippen LogP contribution >= 0.6 is 22.6 Å². The summed E-state index contributed by atoms with van der Waals surface area (Å²) in [4.78, 5) is 17.9. The first-order valence-electron chi connectivity index (χ1n) is 2.73. The molecule has 5 nitrogen and oxygen atoms in total. The molecule has 0 aliphatic rings. The van der Waals surface area contributed by atoms with Gasteiger partial charge in [-0.05, 0) is 6.07 Å². The first-order valence-corrected chi connectivity index (χ1v) is 3.81. The van der Waals surface area contributed by atoms with Crippen molar-refractivity contribution < 1.29 is 4.79 Å². The SMILES string of the molecule is Nc1nccc(NC(=O)I)n1. The fourth-order valence-corrected chi connectivity index (χ4v) is 0.820. The predicted molar refractivity (Wildman–Crippen MR) is 49.5 cm³/mol. The zero-order valence-corrected chi connectivity index (χ0v) is 7.57. The Morgan fingerprint density at radius 2 is 2.45 bits per heavy atom. The summed E-state index contributed by atoms with van der Waals surface area (Å²) >= 11 is 1.61. The van der Waals surface area contributed by atoms with Crippen molar-refractivity contribution in [3.05, 3.63) is 12.3 Å². The number of anilines is 2. The standard InChI is InChI=1S/C5H5IN4O/c6-4(11)9-3-1-2-8-5(7)10-3/h1-2H,(H3,7,8,9,10,11). The molecule has 0 spiro atoms. The summed E-state index contributed by atoms with van der Waals surface area (Å²) in [6.07, 6.45) is 1.48. The molecular formula is C5H5IN4O. The molecule has 1 rings (SSSR count). The summed E-state index contributed by atoms with van der Waals surface area (Å²) in [5.41, 5.74) is 5.26. The van der Waals surface area contributed by atoms with Crippen molar-refractivity contribution in [1.82, 2.24) is 9.97 Å². The molecule has 0 saturated carbocycles. The minimum Gasteiger partial charge on any atom is -0.368 e. The minimum absolute atomic E-state index is 0.146. The number of hydrogen-bond acceptors (Lipinski definition) is 4. The number of nitrogens with one attached hydrogen (secondary N) is 1. The van der Waals surface area contributed by atoms with Crippen LogP contribution in [0.5, 0.6) is 0 Å². The van der Waals surface area contributed by atoms with E-state index in [-0.39, 0.29) is 9.86 Å². The molecule has 0 saturated heterocycles. The van der Waals surface area contributed by atoms with Gasteiger partial charge in [-0.15, -0.1) is 0 Å². The molecule has 6 heteroatoms. The first kappa shape index (κ1) is 8.18. The van der Waals surface area contributed by atoms with Gasteiger partial charge in [-0.2, -0.15) is 4.98 Å². The third-order valence-electron chi connectivity index (χ3n) is 0.901. The highest BCUT2D eigenvalue weighted by atomic mass is 127. The van der Waals surface area contributed by atoms with Crippen LogP contribution in [0, 0.1) is 0 Å².